The molecule has 144 valence electrons. The third kappa shape index (κ3) is 3.76. The van der Waals surface area contributed by atoms with E-state index >= 15 is 0 Å². The maximum atomic E-state index is 12.6. The molecule has 0 aliphatic rings. The Morgan fingerprint density at radius 3 is 2.43 bits per heavy atom. The Morgan fingerprint density at radius 1 is 0.929 bits per heavy atom. The third-order valence-electron chi connectivity index (χ3n) is 4.34. The Morgan fingerprint density at radius 2 is 1.71 bits per heavy atom. The molecule has 0 fully saturated rings. The van der Waals surface area contributed by atoms with Crippen LogP contribution >= 0.6 is 0 Å². The molecule has 0 unspecified atom stereocenters. The number of methoxy groups -OCH3 is 2. The topological polar surface area (TPSA) is 73.9 Å². The smallest absolute Gasteiger partial charge is 0.342 e. The fourth-order valence-corrected chi connectivity index (χ4v) is 3.09. The molecule has 0 atom stereocenters. The largest absolute Gasteiger partial charge is 0.496 e. The molecule has 0 saturated heterocycles. The number of carbonyl (C=O) groups is 2. The molecular formula is C22H21NO5. The first-order valence-electron chi connectivity index (χ1n) is 8.71. The van der Waals surface area contributed by atoms with E-state index in [2.05, 4.69) is 5.32 Å². The van der Waals surface area contributed by atoms with Crippen LogP contribution in [0.3, 0.4) is 0 Å². The summed E-state index contributed by atoms with van der Waals surface area (Å²) in [4.78, 5) is 23.8. The van der Waals surface area contributed by atoms with Crippen molar-refractivity contribution < 1.29 is 23.8 Å². The number of hydrogen-bond acceptors (Lipinski definition) is 5. The number of benzene rings is 3. The highest BCUT2D eigenvalue weighted by molar-refractivity contribution is 6.07. The van der Waals surface area contributed by atoms with Gasteiger partial charge >= 0.3 is 5.97 Å². The number of fused-ring (bicyclic) bond motifs is 1. The summed E-state index contributed by atoms with van der Waals surface area (Å²) >= 11 is 0. The first-order chi connectivity index (χ1) is 13.6. The zero-order chi connectivity index (χ0) is 20.1. The molecular weight excluding hydrogens is 358 g/mol. The summed E-state index contributed by atoms with van der Waals surface area (Å²) in [7, 11) is 2.90. The molecule has 0 aliphatic carbocycles. The van der Waals surface area contributed by atoms with Crippen LogP contribution in [0.4, 0.5) is 0 Å². The normalized spacial score (nSPS) is 10.4. The molecule has 0 radical (unpaired) electrons. The highest BCUT2D eigenvalue weighted by atomic mass is 16.5. The van der Waals surface area contributed by atoms with Crippen molar-refractivity contribution in [1.29, 1.82) is 0 Å². The van der Waals surface area contributed by atoms with Gasteiger partial charge in [0, 0.05) is 18.1 Å². The van der Waals surface area contributed by atoms with Crippen LogP contribution < -0.4 is 14.8 Å². The van der Waals surface area contributed by atoms with Gasteiger partial charge in [-0.2, -0.15) is 0 Å². The predicted octanol–water partition coefficient (Wildman–Crippen LogP) is 3.77. The molecule has 3 aromatic carbocycles. The van der Waals surface area contributed by atoms with Gasteiger partial charge in [0.05, 0.1) is 14.2 Å². The van der Waals surface area contributed by atoms with Gasteiger partial charge < -0.3 is 19.5 Å². The number of nitrogens with one attached hydrogen (secondary N) is 1. The quantitative estimate of drug-likeness (QED) is 0.521. The Hall–Kier alpha value is -3.54. The van der Waals surface area contributed by atoms with Crippen LogP contribution in [-0.4, -0.2) is 32.8 Å². The fraction of sp³-hybridized carbons (Fsp3) is 0.182. The van der Waals surface area contributed by atoms with E-state index in [9.17, 15) is 9.59 Å². The first-order valence-corrected chi connectivity index (χ1v) is 8.71. The number of esters is 1. The van der Waals surface area contributed by atoms with Crippen molar-refractivity contribution in [3.63, 3.8) is 0 Å². The number of amides is 1. The lowest BCUT2D eigenvalue weighted by atomic mass is 9.93. The number of rotatable bonds is 6. The molecule has 28 heavy (non-hydrogen) atoms. The van der Waals surface area contributed by atoms with E-state index in [0.29, 0.717) is 17.1 Å². The summed E-state index contributed by atoms with van der Waals surface area (Å²) in [5.41, 5.74) is 1.66. The SMILES string of the molecule is COC(=O)c1c(OCNC(C)=O)cccc1-c1c(OC)ccc2ccccc12. The molecule has 1 N–H and O–H groups in total. The number of hydrogen-bond donors (Lipinski definition) is 1. The summed E-state index contributed by atoms with van der Waals surface area (Å²) in [6.07, 6.45) is 0. The zero-order valence-corrected chi connectivity index (χ0v) is 15.9. The first kappa shape index (κ1) is 19.2. The van der Waals surface area contributed by atoms with Gasteiger partial charge in [0.1, 0.15) is 17.1 Å². The van der Waals surface area contributed by atoms with E-state index in [-0.39, 0.29) is 18.2 Å². The highest BCUT2D eigenvalue weighted by Crippen LogP contribution is 2.41. The molecule has 0 aliphatic heterocycles. The van der Waals surface area contributed by atoms with Gasteiger partial charge in [0.25, 0.3) is 0 Å². The summed E-state index contributed by atoms with van der Waals surface area (Å²) in [5.74, 6) is 0.172. The summed E-state index contributed by atoms with van der Waals surface area (Å²) in [6, 6.07) is 16.9. The van der Waals surface area contributed by atoms with Crippen LogP contribution in [0, 0.1) is 0 Å². The molecule has 6 heteroatoms. The second-order valence-corrected chi connectivity index (χ2v) is 6.06. The minimum atomic E-state index is -0.539. The molecule has 0 heterocycles. The van der Waals surface area contributed by atoms with Crippen LogP contribution in [0.15, 0.2) is 54.6 Å². The highest BCUT2D eigenvalue weighted by Gasteiger charge is 2.23. The van der Waals surface area contributed by atoms with Crippen LogP contribution in [0.2, 0.25) is 0 Å². The van der Waals surface area contributed by atoms with Crippen molar-refractivity contribution in [2.75, 3.05) is 21.0 Å². The molecule has 0 bridgehead atoms. The fourth-order valence-electron chi connectivity index (χ4n) is 3.09. The van der Waals surface area contributed by atoms with Gasteiger partial charge in [0.15, 0.2) is 6.73 Å². The summed E-state index contributed by atoms with van der Waals surface area (Å²) in [5, 5.41) is 4.50. The Labute approximate surface area is 163 Å². The lowest BCUT2D eigenvalue weighted by Crippen LogP contribution is -2.25. The Kier molecular flexibility index (Phi) is 5.79. The van der Waals surface area contributed by atoms with E-state index in [1.807, 2.05) is 42.5 Å². The maximum Gasteiger partial charge on any atom is 0.342 e. The van der Waals surface area contributed by atoms with Crippen molar-refractivity contribution in [3.8, 4) is 22.6 Å². The molecule has 1 amide bonds. The van der Waals surface area contributed by atoms with E-state index in [0.717, 1.165) is 16.3 Å². The van der Waals surface area contributed by atoms with Gasteiger partial charge in [-0.1, -0.05) is 42.5 Å². The lowest BCUT2D eigenvalue weighted by Gasteiger charge is -2.18. The molecule has 0 aromatic heterocycles. The van der Waals surface area contributed by atoms with Gasteiger partial charge in [-0.3, -0.25) is 4.79 Å². The predicted molar refractivity (Wildman–Crippen MR) is 107 cm³/mol. The van der Waals surface area contributed by atoms with Crippen LogP contribution in [0.5, 0.6) is 11.5 Å². The molecule has 6 nitrogen and oxygen atoms in total. The number of carbonyl (C=O) groups excluding carboxylic acids is 2. The second kappa shape index (κ2) is 8.43. The number of ether oxygens (including phenoxy) is 3. The average Bonchev–Trinajstić information content (AvgIpc) is 2.71. The molecule has 0 saturated carbocycles. The Balaban J connectivity index is 2.23. The van der Waals surface area contributed by atoms with Gasteiger partial charge in [0.2, 0.25) is 5.91 Å². The standard InChI is InChI=1S/C22H21NO5/c1-14(24)23-13-28-19-10-6-9-17(21(19)22(25)27-3)20-16-8-5-4-7-15(16)11-12-18(20)26-2/h4-12H,13H2,1-3H3,(H,23,24). The van der Waals surface area contributed by atoms with Crippen molar-refractivity contribution in [2.24, 2.45) is 0 Å². The zero-order valence-electron chi connectivity index (χ0n) is 15.9. The van der Waals surface area contributed by atoms with Gasteiger partial charge in [-0.05, 0) is 22.9 Å². The second-order valence-electron chi connectivity index (χ2n) is 6.06. The van der Waals surface area contributed by atoms with Crippen LogP contribution in [-0.2, 0) is 9.53 Å². The van der Waals surface area contributed by atoms with Crippen LogP contribution in [0.1, 0.15) is 17.3 Å². The van der Waals surface area contributed by atoms with E-state index in [1.165, 1.54) is 14.0 Å². The van der Waals surface area contributed by atoms with Gasteiger partial charge in [-0.15, -0.1) is 0 Å². The maximum absolute atomic E-state index is 12.6. The van der Waals surface area contributed by atoms with Crippen LogP contribution in [0.25, 0.3) is 21.9 Å². The Bertz CT molecular complexity index is 1030. The van der Waals surface area contributed by atoms with E-state index < -0.39 is 5.97 Å². The summed E-state index contributed by atoms with van der Waals surface area (Å²) in [6.45, 7) is 1.33. The van der Waals surface area contributed by atoms with E-state index in [4.69, 9.17) is 14.2 Å². The third-order valence-corrected chi connectivity index (χ3v) is 4.34. The van der Waals surface area contributed by atoms with Gasteiger partial charge in [-0.25, -0.2) is 4.79 Å². The average molecular weight is 379 g/mol. The monoisotopic (exact) mass is 379 g/mol. The molecule has 3 rings (SSSR count). The van der Waals surface area contributed by atoms with Crippen molar-refractivity contribution in [2.45, 2.75) is 6.92 Å². The van der Waals surface area contributed by atoms with Crippen molar-refractivity contribution in [1.82, 2.24) is 5.32 Å². The molecule has 0 spiro atoms. The van der Waals surface area contributed by atoms with Crippen molar-refractivity contribution in [3.05, 3.63) is 60.2 Å². The van der Waals surface area contributed by atoms with E-state index in [1.54, 1.807) is 19.2 Å². The minimum absolute atomic E-state index is 0.0601. The minimum Gasteiger partial charge on any atom is -0.496 e. The lowest BCUT2D eigenvalue weighted by molar-refractivity contribution is -0.119. The van der Waals surface area contributed by atoms with Crippen molar-refractivity contribution >= 4 is 22.6 Å². The summed E-state index contributed by atoms with van der Waals surface area (Å²) < 4.78 is 16.2. The molecule has 3 aromatic rings.